The van der Waals surface area contributed by atoms with Gasteiger partial charge >= 0.3 is 12.1 Å². The first-order valence-corrected chi connectivity index (χ1v) is 6.12. The highest BCUT2D eigenvalue weighted by atomic mass is 35.5. The summed E-state index contributed by atoms with van der Waals surface area (Å²) in [6.45, 7) is 0.228. The smallest absolute Gasteiger partial charge is 0.325 e. The summed E-state index contributed by atoms with van der Waals surface area (Å²) in [6, 6.07) is 5.52. The molecule has 104 valence electrons. The number of nitrogens with zero attached hydrogens (tertiary/aromatic N) is 1. The van der Waals surface area contributed by atoms with E-state index in [0.717, 1.165) is 10.5 Å². The number of halogens is 1. The number of imide groups is 1. The largest absolute Gasteiger partial charge is 0.396 e. The lowest BCUT2D eigenvalue weighted by molar-refractivity contribution is 0.185. The molecule has 0 radical (unpaired) electrons. The number of benzene rings is 1. The molecule has 0 fully saturated rings. The molecular weight excluding hydrogens is 270 g/mol. The van der Waals surface area contributed by atoms with Crippen LogP contribution in [0.3, 0.4) is 0 Å². The first-order valence-electron chi connectivity index (χ1n) is 5.74. The zero-order chi connectivity index (χ0) is 14.3. The van der Waals surface area contributed by atoms with Crippen molar-refractivity contribution in [3.05, 3.63) is 34.9 Å². The molecule has 19 heavy (non-hydrogen) atoms. The molecule has 0 unspecified atom stereocenters. The van der Waals surface area contributed by atoms with Crippen LogP contribution in [-0.4, -0.2) is 35.2 Å². The summed E-state index contributed by atoms with van der Waals surface area (Å²) in [4.78, 5) is 23.7. The van der Waals surface area contributed by atoms with Crippen molar-refractivity contribution in [1.29, 1.82) is 0 Å². The number of rotatable bonds is 5. The van der Waals surface area contributed by atoms with Crippen molar-refractivity contribution in [3.63, 3.8) is 0 Å². The van der Waals surface area contributed by atoms with Crippen molar-refractivity contribution in [3.8, 4) is 0 Å². The summed E-state index contributed by atoms with van der Waals surface area (Å²) in [5, 5.41) is 11.9. The van der Waals surface area contributed by atoms with Crippen molar-refractivity contribution in [2.24, 2.45) is 5.73 Å². The SMILES string of the molecule is NC(=O)N(CCCO)C(=O)NCc1ccc(Cl)cc1. The van der Waals surface area contributed by atoms with Crippen LogP contribution in [0.1, 0.15) is 12.0 Å². The minimum Gasteiger partial charge on any atom is -0.396 e. The molecular formula is C12H16ClN3O3. The van der Waals surface area contributed by atoms with Gasteiger partial charge < -0.3 is 16.2 Å². The van der Waals surface area contributed by atoms with Crippen LogP contribution < -0.4 is 11.1 Å². The fraction of sp³-hybridized carbons (Fsp3) is 0.333. The maximum absolute atomic E-state index is 11.7. The van der Waals surface area contributed by atoms with Crippen LogP contribution in [0.15, 0.2) is 24.3 Å². The van der Waals surface area contributed by atoms with Gasteiger partial charge in [-0.05, 0) is 24.1 Å². The molecule has 4 amide bonds. The van der Waals surface area contributed by atoms with Gasteiger partial charge in [0.1, 0.15) is 0 Å². The fourth-order valence-corrected chi connectivity index (χ4v) is 1.54. The molecule has 0 aliphatic heterocycles. The Hall–Kier alpha value is -1.79. The van der Waals surface area contributed by atoms with E-state index in [1.807, 2.05) is 0 Å². The minimum atomic E-state index is -0.845. The summed E-state index contributed by atoms with van der Waals surface area (Å²) in [6.07, 6.45) is 0.289. The predicted octanol–water partition coefficient (Wildman–Crippen LogP) is 1.31. The molecule has 1 rings (SSSR count). The molecule has 7 heteroatoms. The lowest BCUT2D eigenvalue weighted by Gasteiger charge is -2.18. The topological polar surface area (TPSA) is 95.7 Å². The third-order valence-electron chi connectivity index (χ3n) is 2.41. The molecule has 0 atom stereocenters. The van der Waals surface area contributed by atoms with E-state index in [9.17, 15) is 9.59 Å². The molecule has 0 aliphatic rings. The second-order valence-corrected chi connectivity index (χ2v) is 4.29. The van der Waals surface area contributed by atoms with Gasteiger partial charge in [-0.3, -0.25) is 0 Å². The minimum absolute atomic E-state index is 0.0816. The summed E-state index contributed by atoms with van der Waals surface area (Å²) in [5.74, 6) is 0. The van der Waals surface area contributed by atoms with E-state index in [0.29, 0.717) is 5.02 Å². The van der Waals surface area contributed by atoms with Crippen LogP contribution in [0.2, 0.25) is 5.02 Å². The summed E-state index contributed by atoms with van der Waals surface area (Å²) in [5.41, 5.74) is 5.95. The van der Waals surface area contributed by atoms with Crippen LogP contribution >= 0.6 is 11.6 Å². The molecule has 0 saturated heterocycles. The number of hydrogen-bond donors (Lipinski definition) is 3. The van der Waals surface area contributed by atoms with Gasteiger partial charge in [0.2, 0.25) is 0 Å². The van der Waals surface area contributed by atoms with E-state index in [2.05, 4.69) is 5.32 Å². The molecule has 0 aromatic heterocycles. The van der Waals surface area contributed by atoms with Gasteiger partial charge in [-0.1, -0.05) is 23.7 Å². The Kier molecular flexibility index (Phi) is 6.11. The number of aliphatic hydroxyl groups excluding tert-OH is 1. The average Bonchev–Trinajstić information content (AvgIpc) is 2.38. The Labute approximate surface area is 116 Å². The molecule has 0 bridgehead atoms. The molecule has 0 heterocycles. The Morgan fingerprint density at radius 3 is 2.47 bits per heavy atom. The van der Waals surface area contributed by atoms with Gasteiger partial charge in [0, 0.05) is 24.7 Å². The second-order valence-electron chi connectivity index (χ2n) is 3.85. The van der Waals surface area contributed by atoms with Crippen molar-refractivity contribution >= 4 is 23.7 Å². The zero-order valence-electron chi connectivity index (χ0n) is 10.3. The number of urea groups is 2. The first kappa shape index (κ1) is 15.3. The van der Waals surface area contributed by atoms with Gasteiger partial charge in [-0.25, -0.2) is 14.5 Å². The van der Waals surface area contributed by atoms with Gasteiger partial charge in [-0.15, -0.1) is 0 Å². The second kappa shape index (κ2) is 7.60. The summed E-state index contributed by atoms with van der Waals surface area (Å²) in [7, 11) is 0. The monoisotopic (exact) mass is 285 g/mol. The quantitative estimate of drug-likeness (QED) is 0.761. The van der Waals surface area contributed by atoms with Crippen molar-refractivity contribution in [1.82, 2.24) is 10.2 Å². The third kappa shape index (κ3) is 5.15. The molecule has 0 spiro atoms. The highest BCUT2D eigenvalue weighted by Crippen LogP contribution is 2.09. The van der Waals surface area contributed by atoms with Crippen molar-refractivity contribution in [2.45, 2.75) is 13.0 Å². The van der Waals surface area contributed by atoms with E-state index in [1.165, 1.54) is 0 Å². The molecule has 1 aromatic rings. The van der Waals surface area contributed by atoms with Crippen LogP contribution in [0.4, 0.5) is 9.59 Å². The van der Waals surface area contributed by atoms with Crippen molar-refractivity contribution in [2.75, 3.05) is 13.2 Å². The molecule has 0 aliphatic carbocycles. The van der Waals surface area contributed by atoms with Crippen molar-refractivity contribution < 1.29 is 14.7 Å². The fourth-order valence-electron chi connectivity index (χ4n) is 1.42. The Morgan fingerprint density at radius 1 is 1.32 bits per heavy atom. The molecule has 1 aromatic carbocycles. The van der Waals surface area contributed by atoms with E-state index in [1.54, 1.807) is 24.3 Å². The molecule has 4 N–H and O–H groups in total. The van der Waals surface area contributed by atoms with E-state index < -0.39 is 12.1 Å². The zero-order valence-corrected chi connectivity index (χ0v) is 11.1. The van der Waals surface area contributed by atoms with Gasteiger partial charge in [-0.2, -0.15) is 0 Å². The maximum atomic E-state index is 11.7. The van der Waals surface area contributed by atoms with E-state index in [-0.39, 0.29) is 26.1 Å². The number of nitrogens with two attached hydrogens (primary N) is 1. The maximum Gasteiger partial charge on any atom is 0.325 e. The van der Waals surface area contributed by atoms with Crippen LogP contribution in [0.5, 0.6) is 0 Å². The van der Waals surface area contributed by atoms with Gasteiger partial charge in [0.05, 0.1) is 0 Å². The number of primary amides is 1. The first-order chi connectivity index (χ1) is 9.04. The number of aliphatic hydroxyl groups is 1. The number of carbonyl (C=O) groups is 2. The van der Waals surface area contributed by atoms with Crippen LogP contribution in [-0.2, 0) is 6.54 Å². The Balaban J connectivity index is 2.52. The van der Waals surface area contributed by atoms with Gasteiger partial charge in [0.25, 0.3) is 0 Å². The Bertz CT molecular complexity index is 436. The third-order valence-corrected chi connectivity index (χ3v) is 2.66. The molecule has 6 nitrogen and oxygen atoms in total. The predicted molar refractivity (Wildman–Crippen MR) is 71.7 cm³/mol. The highest BCUT2D eigenvalue weighted by Gasteiger charge is 2.17. The lowest BCUT2D eigenvalue weighted by atomic mass is 10.2. The Morgan fingerprint density at radius 2 is 1.95 bits per heavy atom. The van der Waals surface area contributed by atoms with Crippen LogP contribution in [0, 0.1) is 0 Å². The number of hydrogen-bond acceptors (Lipinski definition) is 3. The number of nitrogens with one attached hydrogen (secondary N) is 1. The number of carbonyl (C=O) groups excluding carboxylic acids is 2. The van der Waals surface area contributed by atoms with Crippen LogP contribution in [0.25, 0.3) is 0 Å². The van der Waals surface area contributed by atoms with E-state index >= 15 is 0 Å². The highest BCUT2D eigenvalue weighted by molar-refractivity contribution is 6.30. The molecule has 0 saturated carbocycles. The summed E-state index contributed by atoms with van der Waals surface area (Å²) < 4.78 is 0. The summed E-state index contributed by atoms with van der Waals surface area (Å²) >= 11 is 5.74. The average molecular weight is 286 g/mol. The standard InChI is InChI=1S/C12H16ClN3O3/c13-10-4-2-9(3-5-10)8-15-12(19)16(11(14)18)6-1-7-17/h2-5,17H,1,6-8H2,(H2,14,18)(H,15,19). The van der Waals surface area contributed by atoms with Gasteiger partial charge in [0.15, 0.2) is 0 Å². The van der Waals surface area contributed by atoms with E-state index in [4.69, 9.17) is 22.4 Å². The lowest BCUT2D eigenvalue weighted by Crippen LogP contribution is -2.46. The number of amides is 4. The normalized spacial score (nSPS) is 10.0.